The maximum absolute atomic E-state index is 9.88. The van der Waals surface area contributed by atoms with Gasteiger partial charge in [-0.15, -0.1) is 0 Å². The molecule has 0 amide bonds. The molecule has 1 aromatic rings. The van der Waals surface area contributed by atoms with Crippen LogP contribution in [0.3, 0.4) is 0 Å². The summed E-state index contributed by atoms with van der Waals surface area (Å²) in [6.45, 7) is 5.23. The molecule has 1 aromatic carbocycles. The third-order valence-corrected chi connectivity index (χ3v) is 3.82. The number of nitrogens with one attached hydrogen (secondary N) is 1. The zero-order chi connectivity index (χ0) is 13.0. The van der Waals surface area contributed by atoms with Crippen molar-refractivity contribution in [2.24, 2.45) is 5.92 Å². The predicted molar refractivity (Wildman–Crippen MR) is 75.9 cm³/mol. The Bertz CT molecular complexity index is 355. The Morgan fingerprint density at radius 2 is 1.89 bits per heavy atom. The number of aliphatic hydroxyl groups excluding tert-OH is 1. The monoisotopic (exact) mass is 248 g/mol. The normalized spacial score (nSPS) is 18.9. The van der Waals surface area contributed by atoms with Crippen LogP contribution in [0.15, 0.2) is 24.3 Å². The lowest BCUT2D eigenvalue weighted by Gasteiger charge is -2.32. The van der Waals surface area contributed by atoms with Crippen LogP contribution in [0.5, 0.6) is 0 Å². The molecule has 2 N–H and O–H groups in total. The Labute approximate surface area is 110 Å². The van der Waals surface area contributed by atoms with Crippen molar-refractivity contribution in [3.8, 4) is 0 Å². The molecule has 1 fully saturated rings. The zero-order valence-corrected chi connectivity index (χ0v) is 11.4. The van der Waals surface area contributed by atoms with Crippen molar-refractivity contribution in [3.05, 3.63) is 29.8 Å². The fourth-order valence-electron chi connectivity index (χ4n) is 2.49. The van der Waals surface area contributed by atoms with Gasteiger partial charge in [-0.2, -0.15) is 0 Å². The van der Waals surface area contributed by atoms with Crippen LogP contribution in [0.2, 0.25) is 0 Å². The number of aliphatic hydroxyl groups is 1. The Hall–Kier alpha value is -1.06. The van der Waals surface area contributed by atoms with Crippen LogP contribution in [0.1, 0.15) is 31.4 Å². The van der Waals surface area contributed by atoms with Crippen molar-refractivity contribution >= 4 is 5.69 Å². The summed E-state index contributed by atoms with van der Waals surface area (Å²) in [5.74, 6) is 0.859. The summed E-state index contributed by atoms with van der Waals surface area (Å²) in [7, 11) is 1.85. The lowest BCUT2D eigenvalue weighted by Crippen LogP contribution is -2.32. The molecule has 1 aliphatic rings. The first-order valence-electron chi connectivity index (χ1n) is 6.88. The van der Waals surface area contributed by atoms with E-state index in [0.29, 0.717) is 6.54 Å². The van der Waals surface area contributed by atoms with Crippen molar-refractivity contribution in [3.63, 3.8) is 0 Å². The molecule has 3 heteroatoms. The number of hydrogen-bond donors (Lipinski definition) is 2. The van der Waals surface area contributed by atoms with Gasteiger partial charge in [-0.25, -0.2) is 0 Å². The van der Waals surface area contributed by atoms with E-state index >= 15 is 0 Å². The Morgan fingerprint density at radius 3 is 2.44 bits per heavy atom. The van der Waals surface area contributed by atoms with Crippen LogP contribution in [0, 0.1) is 5.92 Å². The molecule has 0 bridgehead atoms. The summed E-state index contributed by atoms with van der Waals surface area (Å²) < 4.78 is 0. The average molecular weight is 248 g/mol. The van der Waals surface area contributed by atoms with Gasteiger partial charge in [0.2, 0.25) is 0 Å². The van der Waals surface area contributed by atoms with E-state index in [1.807, 2.05) is 19.2 Å². The van der Waals surface area contributed by atoms with Gasteiger partial charge in [0.25, 0.3) is 0 Å². The van der Waals surface area contributed by atoms with Gasteiger partial charge in [0.05, 0.1) is 6.10 Å². The number of piperidine rings is 1. The largest absolute Gasteiger partial charge is 0.387 e. The van der Waals surface area contributed by atoms with E-state index in [4.69, 9.17) is 0 Å². The highest BCUT2D eigenvalue weighted by Crippen LogP contribution is 2.24. The molecule has 2 rings (SSSR count). The molecule has 1 saturated heterocycles. The molecule has 18 heavy (non-hydrogen) atoms. The topological polar surface area (TPSA) is 35.5 Å². The van der Waals surface area contributed by atoms with E-state index in [1.54, 1.807) is 0 Å². The van der Waals surface area contributed by atoms with Crippen LogP contribution in [0.25, 0.3) is 0 Å². The molecule has 1 atom stereocenters. The van der Waals surface area contributed by atoms with E-state index in [1.165, 1.54) is 18.5 Å². The zero-order valence-electron chi connectivity index (χ0n) is 11.4. The van der Waals surface area contributed by atoms with Crippen LogP contribution in [0.4, 0.5) is 5.69 Å². The standard InChI is InChI=1S/C15H24N2O/c1-12-7-9-17(10-8-12)14-5-3-13(4-6-14)15(18)11-16-2/h3-6,12,15-16,18H,7-11H2,1-2H3. The summed E-state index contributed by atoms with van der Waals surface area (Å²) in [6, 6.07) is 8.33. The van der Waals surface area contributed by atoms with E-state index < -0.39 is 6.10 Å². The fourth-order valence-corrected chi connectivity index (χ4v) is 2.49. The fraction of sp³-hybridized carbons (Fsp3) is 0.600. The Balaban J connectivity index is 1.99. The summed E-state index contributed by atoms with van der Waals surface area (Å²) in [6.07, 6.45) is 2.15. The minimum atomic E-state index is -0.412. The van der Waals surface area contributed by atoms with Crippen LogP contribution in [-0.4, -0.2) is 31.8 Å². The third kappa shape index (κ3) is 3.24. The molecule has 3 nitrogen and oxygen atoms in total. The summed E-state index contributed by atoms with van der Waals surface area (Å²) in [4.78, 5) is 2.44. The van der Waals surface area contributed by atoms with Crippen molar-refractivity contribution in [1.82, 2.24) is 5.32 Å². The van der Waals surface area contributed by atoms with Gasteiger partial charge >= 0.3 is 0 Å². The van der Waals surface area contributed by atoms with Crippen molar-refractivity contribution in [2.75, 3.05) is 31.6 Å². The first kappa shape index (κ1) is 13.4. The quantitative estimate of drug-likeness (QED) is 0.857. The first-order valence-corrected chi connectivity index (χ1v) is 6.88. The molecule has 0 aromatic heterocycles. The van der Waals surface area contributed by atoms with E-state index in [9.17, 15) is 5.11 Å². The number of anilines is 1. The molecule has 0 spiro atoms. The van der Waals surface area contributed by atoms with E-state index in [2.05, 4.69) is 29.3 Å². The average Bonchev–Trinajstić information content (AvgIpc) is 2.40. The minimum Gasteiger partial charge on any atom is -0.387 e. The number of benzene rings is 1. The molecule has 0 saturated carbocycles. The summed E-state index contributed by atoms with van der Waals surface area (Å²) in [5, 5.41) is 12.9. The van der Waals surface area contributed by atoms with Crippen LogP contribution < -0.4 is 10.2 Å². The van der Waals surface area contributed by atoms with Gasteiger partial charge in [0.1, 0.15) is 0 Å². The Kier molecular flexibility index (Phi) is 4.61. The summed E-state index contributed by atoms with van der Waals surface area (Å²) in [5.41, 5.74) is 2.26. The van der Waals surface area contributed by atoms with Gasteiger partial charge in [-0.05, 0) is 43.5 Å². The lowest BCUT2D eigenvalue weighted by atomic mass is 9.98. The van der Waals surface area contributed by atoms with Gasteiger partial charge in [-0.1, -0.05) is 19.1 Å². The van der Waals surface area contributed by atoms with Crippen LogP contribution in [-0.2, 0) is 0 Å². The minimum absolute atomic E-state index is 0.412. The number of rotatable bonds is 4. The Morgan fingerprint density at radius 1 is 1.28 bits per heavy atom. The smallest absolute Gasteiger partial charge is 0.0914 e. The second kappa shape index (κ2) is 6.21. The molecule has 0 radical (unpaired) electrons. The maximum Gasteiger partial charge on any atom is 0.0914 e. The van der Waals surface area contributed by atoms with Gasteiger partial charge < -0.3 is 15.3 Å². The number of nitrogens with zero attached hydrogens (tertiary/aromatic N) is 1. The highest BCUT2D eigenvalue weighted by molar-refractivity contribution is 5.48. The van der Waals surface area contributed by atoms with Crippen molar-refractivity contribution in [1.29, 1.82) is 0 Å². The second-order valence-corrected chi connectivity index (χ2v) is 5.33. The van der Waals surface area contributed by atoms with Gasteiger partial charge in [0.15, 0.2) is 0 Å². The highest BCUT2D eigenvalue weighted by Gasteiger charge is 2.16. The molecule has 100 valence electrons. The van der Waals surface area contributed by atoms with E-state index in [0.717, 1.165) is 24.6 Å². The molecular weight excluding hydrogens is 224 g/mol. The second-order valence-electron chi connectivity index (χ2n) is 5.33. The maximum atomic E-state index is 9.88. The van der Waals surface area contributed by atoms with Crippen molar-refractivity contribution in [2.45, 2.75) is 25.9 Å². The molecule has 1 heterocycles. The third-order valence-electron chi connectivity index (χ3n) is 3.82. The number of hydrogen-bond acceptors (Lipinski definition) is 3. The molecular formula is C15H24N2O. The summed E-state index contributed by atoms with van der Waals surface area (Å²) >= 11 is 0. The molecule has 1 aliphatic heterocycles. The molecule has 0 aliphatic carbocycles. The van der Waals surface area contributed by atoms with E-state index in [-0.39, 0.29) is 0 Å². The molecule has 1 unspecified atom stereocenters. The van der Waals surface area contributed by atoms with Gasteiger partial charge in [-0.3, -0.25) is 0 Å². The lowest BCUT2D eigenvalue weighted by molar-refractivity contribution is 0.178. The van der Waals surface area contributed by atoms with Crippen molar-refractivity contribution < 1.29 is 5.11 Å². The SMILES string of the molecule is CNCC(O)c1ccc(N2CCC(C)CC2)cc1. The highest BCUT2D eigenvalue weighted by atomic mass is 16.3. The number of likely N-dealkylation sites (N-methyl/N-ethyl adjacent to an activating group) is 1. The van der Waals surface area contributed by atoms with Gasteiger partial charge in [0, 0.05) is 25.3 Å². The van der Waals surface area contributed by atoms with Crippen LogP contribution >= 0.6 is 0 Å². The predicted octanol–water partition coefficient (Wildman–Crippen LogP) is 2.18. The first-order chi connectivity index (χ1) is 8.70.